The van der Waals surface area contributed by atoms with Crippen molar-refractivity contribution in [1.29, 1.82) is 0 Å². The van der Waals surface area contributed by atoms with Crippen LogP contribution < -0.4 is 20.1 Å². The van der Waals surface area contributed by atoms with Gasteiger partial charge in [-0.05, 0) is 30.5 Å². The van der Waals surface area contributed by atoms with Crippen LogP contribution in [0, 0.1) is 5.92 Å². The molecule has 0 aliphatic carbocycles. The zero-order valence-electron chi connectivity index (χ0n) is 17.2. The number of aromatic nitrogens is 2. The van der Waals surface area contributed by atoms with E-state index in [9.17, 15) is 0 Å². The van der Waals surface area contributed by atoms with Crippen molar-refractivity contribution in [1.82, 2.24) is 15.5 Å². The summed E-state index contributed by atoms with van der Waals surface area (Å²) in [5.41, 5.74) is 1.84. The molecule has 0 fully saturated rings. The second-order valence-corrected chi connectivity index (χ2v) is 7.33. The summed E-state index contributed by atoms with van der Waals surface area (Å²) in [6.45, 7) is 8.42. The highest BCUT2D eigenvalue weighted by Crippen LogP contribution is 2.32. The van der Waals surface area contributed by atoms with Gasteiger partial charge >= 0.3 is 0 Å². The second kappa shape index (κ2) is 11.3. The molecule has 0 saturated carbocycles. The molecule has 2 heterocycles. The quantitative estimate of drug-likeness (QED) is 0.339. The van der Waals surface area contributed by atoms with Gasteiger partial charge in [0.25, 0.3) is 0 Å². The summed E-state index contributed by atoms with van der Waals surface area (Å²) in [6, 6.07) is 7.75. The van der Waals surface area contributed by atoms with Crippen LogP contribution in [0.2, 0.25) is 0 Å². The first-order valence-electron chi connectivity index (χ1n) is 10.2. The molecule has 1 aromatic carbocycles. The minimum atomic E-state index is 0.504. The first-order valence-corrected chi connectivity index (χ1v) is 10.2. The van der Waals surface area contributed by atoms with Gasteiger partial charge in [-0.3, -0.25) is 5.10 Å². The molecule has 8 heteroatoms. The first kappa shape index (κ1) is 21.0. The molecule has 2 aromatic rings. The van der Waals surface area contributed by atoms with Crippen molar-refractivity contribution in [2.45, 2.75) is 33.2 Å². The molecule has 3 N–H and O–H groups in total. The fourth-order valence-corrected chi connectivity index (χ4v) is 2.75. The van der Waals surface area contributed by atoms with Gasteiger partial charge in [0.05, 0.1) is 25.5 Å². The number of guanidine groups is 1. The van der Waals surface area contributed by atoms with Crippen LogP contribution in [0.4, 0.5) is 5.69 Å². The van der Waals surface area contributed by atoms with E-state index in [1.54, 1.807) is 6.20 Å². The first-order chi connectivity index (χ1) is 14.2. The van der Waals surface area contributed by atoms with E-state index in [-0.39, 0.29) is 0 Å². The van der Waals surface area contributed by atoms with Gasteiger partial charge in [0.1, 0.15) is 0 Å². The van der Waals surface area contributed by atoms with Crippen molar-refractivity contribution in [2.24, 2.45) is 10.9 Å². The Balaban J connectivity index is 1.58. The molecule has 1 aliphatic rings. The largest absolute Gasteiger partial charge is 0.490 e. The van der Waals surface area contributed by atoms with Gasteiger partial charge in [0.15, 0.2) is 17.5 Å². The molecule has 0 saturated heterocycles. The molecule has 0 bridgehead atoms. The number of nitrogens with zero attached hydrogens (tertiary/aromatic N) is 2. The maximum atomic E-state index is 5.78. The van der Waals surface area contributed by atoms with Crippen LogP contribution in [-0.2, 0) is 11.3 Å². The number of rotatable bonds is 9. The molecule has 0 spiro atoms. The van der Waals surface area contributed by atoms with E-state index in [0.717, 1.165) is 55.5 Å². The third-order valence-electron chi connectivity index (χ3n) is 4.19. The van der Waals surface area contributed by atoms with E-state index in [1.807, 2.05) is 24.3 Å². The van der Waals surface area contributed by atoms with E-state index in [4.69, 9.17) is 14.2 Å². The van der Waals surface area contributed by atoms with Crippen molar-refractivity contribution < 1.29 is 14.2 Å². The lowest BCUT2D eigenvalue weighted by Crippen LogP contribution is -2.32. The van der Waals surface area contributed by atoms with Gasteiger partial charge in [-0.15, -0.1) is 0 Å². The van der Waals surface area contributed by atoms with Gasteiger partial charge in [-0.1, -0.05) is 13.8 Å². The van der Waals surface area contributed by atoms with Crippen LogP contribution in [0.1, 0.15) is 32.4 Å². The number of ether oxygens (including phenoxy) is 3. The Morgan fingerprint density at radius 3 is 2.90 bits per heavy atom. The number of nitrogens with one attached hydrogen (secondary N) is 3. The number of benzene rings is 1. The zero-order valence-corrected chi connectivity index (χ0v) is 17.2. The fourth-order valence-electron chi connectivity index (χ4n) is 2.75. The molecule has 3 rings (SSSR count). The highest BCUT2D eigenvalue weighted by atomic mass is 16.5. The predicted molar refractivity (Wildman–Crippen MR) is 114 cm³/mol. The smallest absolute Gasteiger partial charge is 0.196 e. The van der Waals surface area contributed by atoms with Crippen molar-refractivity contribution in [3.8, 4) is 11.5 Å². The van der Waals surface area contributed by atoms with Crippen LogP contribution in [0.15, 0.2) is 35.5 Å². The number of aromatic amines is 1. The number of hydrogen-bond donors (Lipinski definition) is 3. The summed E-state index contributed by atoms with van der Waals surface area (Å²) >= 11 is 0. The summed E-state index contributed by atoms with van der Waals surface area (Å²) < 4.78 is 17.1. The maximum Gasteiger partial charge on any atom is 0.196 e. The fraction of sp³-hybridized carbons (Fsp3) is 0.524. The van der Waals surface area contributed by atoms with Crippen molar-refractivity contribution in [3.63, 3.8) is 0 Å². The summed E-state index contributed by atoms with van der Waals surface area (Å²) in [4.78, 5) is 4.65. The van der Waals surface area contributed by atoms with Gasteiger partial charge < -0.3 is 24.8 Å². The Labute approximate surface area is 172 Å². The summed E-state index contributed by atoms with van der Waals surface area (Å²) in [5, 5.41) is 13.6. The molecule has 0 atom stereocenters. The Bertz CT molecular complexity index is 762. The Morgan fingerprint density at radius 1 is 1.24 bits per heavy atom. The summed E-state index contributed by atoms with van der Waals surface area (Å²) in [6.07, 6.45) is 3.51. The van der Waals surface area contributed by atoms with Crippen molar-refractivity contribution in [3.05, 3.63) is 36.2 Å². The average Bonchev–Trinajstić information content (AvgIpc) is 3.12. The average molecular weight is 402 g/mol. The predicted octanol–water partition coefficient (Wildman–Crippen LogP) is 3.19. The van der Waals surface area contributed by atoms with Gasteiger partial charge in [-0.25, -0.2) is 4.99 Å². The van der Waals surface area contributed by atoms with E-state index >= 15 is 0 Å². The molecule has 0 amide bonds. The summed E-state index contributed by atoms with van der Waals surface area (Å²) in [5.74, 6) is 2.77. The molecular formula is C21H31N5O3. The SMILES string of the molecule is CC(C)COCCCNC(=NCc1ccn[nH]1)Nc1ccc2c(c1)OCCCO2. The highest BCUT2D eigenvalue weighted by molar-refractivity contribution is 5.93. The highest BCUT2D eigenvalue weighted by Gasteiger charge is 2.11. The Hall–Kier alpha value is -2.74. The van der Waals surface area contributed by atoms with E-state index in [0.29, 0.717) is 31.6 Å². The zero-order chi connectivity index (χ0) is 20.3. The van der Waals surface area contributed by atoms with Gasteiger partial charge in [0.2, 0.25) is 0 Å². The molecule has 1 aromatic heterocycles. The van der Waals surface area contributed by atoms with E-state index in [1.165, 1.54) is 0 Å². The Morgan fingerprint density at radius 2 is 2.10 bits per heavy atom. The molecule has 158 valence electrons. The third-order valence-corrected chi connectivity index (χ3v) is 4.19. The Kier molecular flexibility index (Phi) is 8.18. The van der Waals surface area contributed by atoms with Crippen LogP contribution in [0.25, 0.3) is 0 Å². The van der Waals surface area contributed by atoms with Gasteiger partial charge in [0, 0.05) is 44.1 Å². The topological polar surface area (TPSA) is 92.8 Å². The monoisotopic (exact) mass is 401 g/mol. The molecule has 0 unspecified atom stereocenters. The molecule has 0 radical (unpaired) electrons. The van der Waals surface area contributed by atoms with Crippen LogP contribution >= 0.6 is 0 Å². The number of anilines is 1. The van der Waals surface area contributed by atoms with Crippen LogP contribution in [-0.4, -0.2) is 49.1 Å². The number of fused-ring (bicyclic) bond motifs is 1. The molecule has 1 aliphatic heterocycles. The van der Waals surface area contributed by atoms with Crippen molar-refractivity contribution in [2.75, 3.05) is 38.3 Å². The number of hydrogen-bond acceptors (Lipinski definition) is 5. The lowest BCUT2D eigenvalue weighted by Gasteiger charge is -2.15. The molecular weight excluding hydrogens is 370 g/mol. The lowest BCUT2D eigenvalue weighted by atomic mass is 10.2. The standard InChI is InChI=1S/C21H31N5O3/c1-16(2)15-27-10-3-8-22-21(23-14-18-7-9-24-26-18)25-17-5-6-19-20(13-17)29-12-4-11-28-19/h5-7,9,13,16H,3-4,8,10-12,14-15H2,1-2H3,(H,24,26)(H2,22,23,25). The maximum absolute atomic E-state index is 5.78. The van der Waals surface area contributed by atoms with E-state index in [2.05, 4.69) is 39.7 Å². The summed E-state index contributed by atoms with van der Waals surface area (Å²) in [7, 11) is 0. The van der Waals surface area contributed by atoms with Crippen molar-refractivity contribution >= 4 is 11.6 Å². The van der Waals surface area contributed by atoms with Gasteiger partial charge in [-0.2, -0.15) is 5.10 Å². The second-order valence-electron chi connectivity index (χ2n) is 7.33. The molecule has 29 heavy (non-hydrogen) atoms. The molecule has 8 nitrogen and oxygen atoms in total. The normalized spacial score (nSPS) is 14.0. The van der Waals surface area contributed by atoms with E-state index < -0.39 is 0 Å². The number of H-pyrrole nitrogens is 1. The van der Waals surface area contributed by atoms with Crippen LogP contribution in [0.3, 0.4) is 0 Å². The minimum absolute atomic E-state index is 0.504. The van der Waals surface area contributed by atoms with Crippen LogP contribution in [0.5, 0.6) is 11.5 Å². The lowest BCUT2D eigenvalue weighted by molar-refractivity contribution is 0.108. The minimum Gasteiger partial charge on any atom is -0.490 e. The number of aliphatic imine (C=N–C) groups is 1. The third kappa shape index (κ3) is 7.30.